The van der Waals surface area contributed by atoms with Crippen molar-refractivity contribution in [3.8, 4) is 5.75 Å². The Hall–Kier alpha value is -2.17. The molecule has 4 heteroatoms. The summed E-state index contributed by atoms with van der Waals surface area (Å²) in [6.07, 6.45) is 2.17. The molecule has 22 heavy (non-hydrogen) atoms. The maximum absolute atomic E-state index is 10.1. The molecule has 3 rings (SSSR count). The zero-order valence-corrected chi connectivity index (χ0v) is 12.9. The second-order valence-corrected chi connectivity index (χ2v) is 6.00. The van der Waals surface area contributed by atoms with Crippen molar-refractivity contribution >= 4 is 11.3 Å². The fourth-order valence-electron chi connectivity index (χ4n) is 2.18. The molecule has 0 saturated carbocycles. The molecule has 1 heterocycles. The van der Waals surface area contributed by atoms with Crippen molar-refractivity contribution in [1.29, 1.82) is 0 Å². The Morgan fingerprint density at radius 1 is 1.05 bits per heavy atom. The average molecular weight is 311 g/mol. The molecule has 0 aliphatic rings. The van der Waals surface area contributed by atoms with Crippen molar-refractivity contribution < 1.29 is 9.84 Å². The zero-order valence-electron chi connectivity index (χ0n) is 12.1. The smallest absolute Gasteiger partial charge is 0.119 e. The van der Waals surface area contributed by atoms with Crippen LogP contribution in [0.25, 0.3) is 0 Å². The molecule has 3 aromatic rings. The molecule has 1 N–H and O–H groups in total. The van der Waals surface area contributed by atoms with Crippen LogP contribution in [0.3, 0.4) is 0 Å². The summed E-state index contributed by atoms with van der Waals surface area (Å²) in [4.78, 5) is 5.32. The van der Waals surface area contributed by atoms with Crippen LogP contribution in [-0.2, 0) is 6.42 Å². The van der Waals surface area contributed by atoms with Gasteiger partial charge in [-0.3, -0.25) is 4.98 Å². The van der Waals surface area contributed by atoms with Crippen molar-refractivity contribution in [2.75, 3.05) is 6.61 Å². The first-order valence-corrected chi connectivity index (χ1v) is 8.01. The van der Waals surface area contributed by atoms with Crippen molar-refractivity contribution in [3.63, 3.8) is 0 Å². The van der Waals surface area contributed by atoms with Gasteiger partial charge in [0.25, 0.3) is 0 Å². The highest BCUT2D eigenvalue weighted by molar-refractivity contribution is 7.09. The van der Waals surface area contributed by atoms with Gasteiger partial charge in [-0.05, 0) is 23.3 Å². The maximum atomic E-state index is 10.1. The number of ether oxygens (including phenoxy) is 1. The van der Waals surface area contributed by atoms with Crippen molar-refractivity contribution in [2.45, 2.75) is 12.5 Å². The Bertz CT molecular complexity index is 681. The minimum atomic E-state index is -0.613. The highest BCUT2D eigenvalue weighted by Gasteiger charge is 2.07. The lowest BCUT2D eigenvalue weighted by Crippen LogP contribution is -2.09. The van der Waals surface area contributed by atoms with E-state index in [2.05, 4.69) is 4.98 Å². The van der Waals surface area contributed by atoms with E-state index in [1.54, 1.807) is 11.3 Å². The Balaban J connectivity index is 1.55. The van der Waals surface area contributed by atoms with Crippen LogP contribution >= 0.6 is 11.3 Å². The van der Waals surface area contributed by atoms with E-state index in [0.29, 0.717) is 0 Å². The average Bonchev–Trinajstić information content (AvgIpc) is 3.08. The number of aliphatic hydroxyl groups is 1. The van der Waals surface area contributed by atoms with Gasteiger partial charge in [0.2, 0.25) is 0 Å². The van der Waals surface area contributed by atoms with Gasteiger partial charge >= 0.3 is 0 Å². The highest BCUT2D eigenvalue weighted by Crippen LogP contribution is 2.19. The van der Waals surface area contributed by atoms with E-state index in [1.165, 1.54) is 10.4 Å². The third-order valence-corrected chi connectivity index (χ3v) is 4.16. The van der Waals surface area contributed by atoms with Gasteiger partial charge < -0.3 is 9.84 Å². The van der Waals surface area contributed by atoms with Crippen molar-refractivity contribution in [3.05, 3.63) is 82.3 Å². The van der Waals surface area contributed by atoms with E-state index in [9.17, 15) is 5.11 Å². The fraction of sp³-hybridized carbons (Fsp3) is 0.167. The number of rotatable bonds is 6. The predicted molar refractivity (Wildman–Crippen MR) is 88.3 cm³/mol. The van der Waals surface area contributed by atoms with Crippen LogP contribution in [0.1, 0.15) is 22.1 Å². The van der Waals surface area contributed by atoms with Gasteiger partial charge in [0, 0.05) is 17.5 Å². The van der Waals surface area contributed by atoms with Gasteiger partial charge in [-0.1, -0.05) is 42.5 Å². The third-order valence-electron chi connectivity index (χ3n) is 3.38. The maximum Gasteiger partial charge on any atom is 0.119 e. The molecule has 0 radical (unpaired) electrons. The molecule has 0 aliphatic heterocycles. The first-order chi connectivity index (χ1) is 10.8. The molecule has 0 fully saturated rings. The van der Waals surface area contributed by atoms with Gasteiger partial charge in [-0.25, -0.2) is 0 Å². The molecule has 1 atom stereocenters. The molecule has 2 aromatic carbocycles. The first-order valence-electron chi connectivity index (χ1n) is 7.13. The Morgan fingerprint density at radius 2 is 1.82 bits per heavy atom. The lowest BCUT2D eigenvalue weighted by atomic mass is 10.1. The molecule has 1 aromatic heterocycles. The minimum Gasteiger partial charge on any atom is -0.491 e. The van der Waals surface area contributed by atoms with Crippen LogP contribution in [-0.4, -0.2) is 16.7 Å². The van der Waals surface area contributed by atoms with Crippen LogP contribution in [0.15, 0.2) is 66.3 Å². The summed E-state index contributed by atoms with van der Waals surface area (Å²) in [6.45, 7) is 0.248. The van der Waals surface area contributed by atoms with Gasteiger partial charge in [-0.2, -0.15) is 0 Å². The van der Waals surface area contributed by atoms with Gasteiger partial charge in [0.15, 0.2) is 0 Å². The molecule has 3 nitrogen and oxygen atoms in total. The van der Waals surface area contributed by atoms with Crippen molar-refractivity contribution in [1.82, 2.24) is 4.98 Å². The number of aromatic nitrogens is 1. The zero-order chi connectivity index (χ0) is 15.2. The lowest BCUT2D eigenvalue weighted by molar-refractivity contribution is 0.108. The normalized spacial score (nSPS) is 12.0. The quantitative estimate of drug-likeness (QED) is 0.752. The van der Waals surface area contributed by atoms with Crippen LogP contribution in [0.5, 0.6) is 5.75 Å². The van der Waals surface area contributed by atoms with E-state index < -0.39 is 6.10 Å². The molecule has 0 bridgehead atoms. The lowest BCUT2D eigenvalue weighted by Gasteiger charge is -2.13. The molecular formula is C18H17NO2S. The molecule has 1 unspecified atom stereocenters. The minimum absolute atomic E-state index is 0.248. The molecule has 0 spiro atoms. The first kappa shape index (κ1) is 14.8. The summed E-state index contributed by atoms with van der Waals surface area (Å²) in [7, 11) is 0. The molecule has 0 aliphatic carbocycles. The SMILES string of the molecule is OC(COc1ccc(Cc2cncs2)cc1)c1ccccc1. The second-order valence-electron chi connectivity index (χ2n) is 5.03. The summed E-state index contributed by atoms with van der Waals surface area (Å²) >= 11 is 1.66. The van der Waals surface area contributed by atoms with Gasteiger partial charge in [0.05, 0.1) is 5.51 Å². The molecule has 112 valence electrons. The Labute approximate surface area is 133 Å². The van der Waals surface area contributed by atoms with Crippen LogP contribution < -0.4 is 4.74 Å². The predicted octanol–water partition coefficient (Wildman–Crippen LogP) is 3.85. The van der Waals surface area contributed by atoms with E-state index in [-0.39, 0.29) is 6.61 Å². The standard InChI is InChI=1S/C18H17NO2S/c20-18(15-4-2-1-3-5-15)12-21-16-8-6-14(7-9-16)10-17-11-19-13-22-17/h1-9,11,13,18,20H,10,12H2. The number of nitrogens with zero attached hydrogens (tertiary/aromatic N) is 1. The number of aliphatic hydroxyl groups excluding tert-OH is 1. The molecular weight excluding hydrogens is 294 g/mol. The van der Waals surface area contributed by atoms with Gasteiger partial charge in [0.1, 0.15) is 18.5 Å². The number of hydrogen-bond donors (Lipinski definition) is 1. The molecule has 0 amide bonds. The van der Waals surface area contributed by atoms with E-state index in [4.69, 9.17) is 4.74 Å². The third kappa shape index (κ3) is 3.93. The van der Waals surface area contributed by atoms with Crippen LogP contribution in [0.2, 0.25) is 0 Å². The summed E-state index contributed by atoms with van der Waals surface area (Å²) < 4.78 is 5.65. The Morgan fingerprint density at radius 3 is 2.50 bits per heavy atom. The Kier molecular flexibility index (Phi) is 4.83. The highest BCUT2D eigenvalue weighted by atomic mass is 32.1. The van der Waals surface area contributed by atoms with Gasteiger partial charge in [-0.15, -0.1) is 11.3 Å². The summed E-state index contributed by atoms with van der Waals surface area (Å²) in [5.41, 5.74) is 3.93. The topological polar surface area (TPSA) is 42.4 Å². The summed E-state index contributed by atoms with van der Waals surface area (Å²) in [5, 5.41) is 10.1. The fourth-order valence-corrected chi connectivity index (χ4v) is 2.81. The summed E-state index contributed by atoms with van der Waals surface area (Å²) in [6, 6.07) is 17.5. The van der Waals surface area contributed by atoms with E-state index in [0.717, 1.165) is 17.7 Å². The number of thiazole rings is 1. The summed E-state index contributed by atoms with van der Waals surface area (Å²) in [5.74, 6) is 0.767. The van der Waals surface area contributed by atoms with Crippen molar-refractivity contribution in [2.24, 2.45) is 0 Å². The van der Waals surface area contributed by atoms with E-state index >= 15 is 0 Å². The second kappa shape index (κ2) is 7.20. The molecule has 0 saturated heterocycles. The van der Waals surface area contributed by atoms with E-state index in [1.807, 2.05) is 66.3 Å². The monoisotopic (exact) mass is 311 g/mol. The van der Waals surface area contributed by atoms with Crippen LogP contribution in [0, 0.1) is 0 Å². The number of benzene rings is 2. The number of hydrogen-bond acceptors (Lipinski definition) is 4. The van der Waals surface area contributed by atoms with Crippen LogP contribution in [0.4, 0.5) is 0 Å². The largest absolute Gasteiger partial charge is 0.491 e.